The summed E-state index contributed by atoms with van der Waals surface area (Å²) in [7, 11) is 1.30. The molecule has 144 valence electrons. The molecule has 1 saturated heterocycles. The predicted molar refractivity (Wildman–Crippen MR) is 106 cm³/mol. The van der Waals surface area contributed by atoms with E-state index in [1.807, 2.05) is 0 Å². The second-order valence-corrected chi connectivity index (χ2v) is 7.95. The van der Waals surface area contributed by atoms with E-state index in [0.29, 0.717) is 11.4 Å². The zero-order chi connectivity index (χ0) is 19.6. The van der Waals surface area contributed by atoms with Crippen LogP contribution in [-0.2, 0) is 4.74 Å². The lowest BCUT2D eigenvalue weighted by Gasteiger charge is -2.25. The highest BCUT2D eigenvalue weighted by molar-refractivity contribution is 6.33. The van der Waals surface area contributed by atoms with E-state index in [1.165, 1.54) is 7.11 Å². The van der Waals surface area contributed by atoms with Gasteiger partial charge in [-0.25, -0.2) is 4.79 Å². The Bertz CT molecular complexity index is 908. The zero-order valence-corrected chi connectivity index (χ0v) is 16.6. The van der Waals surface area contributed by atoms with Crippen LogP contribution >= 0.6 is 11.6 Å². The fraction of sp³-hybridized carbons (Fsp3) is 0.450. The van der Waals surface area contributed by atoms with Crippen LogP contribution in [0.1, 0.15) is 43.5 Å². The van der Waals surface area contributed by atoms with Gasteiger partial charge in [0.05, 0.1) is 30.2 Å². The topological polar surface area (TPSA) is 64.4 Å². The van der Waals surface area contributed by atoms with E-state index in [-0.39, 0.29) is 16.0 Å². The van der Waals surface area contributed by atoms with Crippen molar-refractivity contribution < 1.29 is 9.53 Å². The molecule has 3 rings (SSSR count). The predicted octanol–water partition coefficient (Wildman–Crippen LogP) is 3.69. The average molecular weight is 390 g/mol. The molecular formula is C20H24ClN3O3. The Kier molecular flexibility index (Phi) is 5.56. The first-order valence-corrected chi connectivity index (χ1v) is 9.42. The van der Waals surface area contributed by atoms with Gasteiger partial charge in [-0.2, -0.15) is 9.78 Å². The van der Waals surface area contributed by atoms with Gasteiger partial charge in [-0.3, -0.25) is 4.79 Å². The van der Waals surface area contributed by atoms with Gasteiger partial charge in [-0.1, -0.05) is 37.6 Å². The van der Waals surface area contributed by atoms with Crippen LogP contribution in [0.3, 0.4) is 0 Å². The van der Waals surface area contributed by atoms with Crippen LogP contribution in [0.5, 0.6) is 0 Å². The average Bonchev–Trinajstić information content (AvgIpc) is 2.84. The summed E-state index contributed by atoms with van der Waals surface area (Å²) < 4.78 is 5.95. The van der Waals surface area contributed by atoms with Crippen molar-refractivity contribution in [1.29, 1.82) is 0 Å². The molecule has 1 aromatic heterocycles. The fourth-order valence-electron chi connectivity index (χ4n) is 3.42. The summed E-state index contributed by atoms with van der Waals surface area (Å²) in [4.78, 5) is 27.0. The number of esters is 1. The molecule has 6 nitrogen and oxygen atoms in total. The van der Waals surface area contributed by atoms with Crippen LogP contribution in [0.2, 0.25) is 5.02 Å². The minimum Gasteiger partial charge on any atom is -0.465 e. The van der Waals surface area contributed by atoms with E-state index in [2.05, 4.69) is 23.8 Å². The minimum absolute atomic E-state index is 0.115. The largest absolute Gasteiger partial charge is 0.465 e. The maximum absolute atomic E-state index is 12.9. The van der Waals surface area contributed by atoms with E-state index in [9.17, 15) is 9.59 Å². The lowest BCUT2D eigenvalue weighted by Crippen LogP contribution is -2.30. The number of ether oxygens (including phenoxy) is 1. The molecule has 2 heterocycles. The van der Waals surface area contributed by atoms with Crippen LogP contribution < -0.4 is 10.5 Å². The van der Waals surface area contributed by atoms with E-state index < -0.39 is 11.5 Å². The van der Waals surface area contributed by atoms with Crippen LogP contribution in [0, 0.1) is 5.41 Å². The summed E-state index contributed by atoms with van der Waals surface area (Å²) in [6, 6.07) is 6.67. The van der Waals surface area contributed by atoms with Gasteiger partial charge >= 0.3 is 5.97 Å². The number of anilines is 1. The molecular weight excluding hydrogens is 366 g/mol. The molecule has 27 heavy (non-hydrogen) atoms. The molecule has 0 saturated carbocycles. The first-order valence-electron chi connectivity index (χ1n) is 9.04. The molecule has 0 N–H and O–H groups in total. The molecule has 0 aliphatic carbocycles. The van der Waals surface area contributed by atoms with Crippen molar-refractivity contribution in [3.05, 3.63) is 51.4 Å². The Labute approximate surface area is 163 Å². The number of halogens is 1. The van der Waals surface area contributed by atoms with Crippen LogP contribution in [0.15, 0.2) is 35.3 Å². The molecule has 0 radical (unpaired) electrons. The van der Waals surface area contributed by atoms with Gasteiger partial charge in [-0.05, 0) is 36.8 Å². The third kappa shape index (κ3) is 4.00. The number of carbonyl (C=O) groups is 1. The second-order valence-electron chi connectivity index (χ2n) is 7.57. The lowest BCUT2D eigenvalue weighted by atomic mass is 9.85. The van der Waals surface area contributed by atoms with Crippen molar-refractivity contribution in [3.63, 3.8) is 0 Å². The Hall–Kier alpha value is -2.34. The van der Waals surface area contributed by atoms with Crippen molar-refractivity contribution in [1.82, 2.24) is 9.78 Å². The number of hydrogen-bond donors (Lipinski definition) is 0. The van der Waals surface area contributed by atoms with Gasteiger partial charge in [0.1, 0.15) is 5.02 Å². The van der Waals surface area contributed by atoms with Gasteiger partial charge in [0.15, 0.2) is 0 Å². The maximum atomic E-state index is 12.9. The van der Waals surface area contributed by atoms with Crippen molar-refractivity contribution in [2.75, 3.05) is 25.1 Å². The Morgan fingerprint density at radius 2 is 1.93 bits per heavy atom. The number of hydrogen-bond acceptors (Lipinski definition) is 5. The maximum Gasteiger partial charge on any atom is 0.340 e. The first-order chi connectivity index (χ1) is 12.8. The van der Waals surface area contributed by atoms with Crippen molar-refractivity contribution in [2.24, 2.45) is 5.41 Å². The molecule has 1 aliphatic rings. The van der Waals surface area contributed by atoms with Crippen molar-refractivity contribution >= 4 is 23.3 Å². The van der Waals surface area contributed by atoms with Gasteiger partial charge in [0.25, 0.3) is 5.56 Å². The van der Waals surface area contributed by atoms with Crippen molar-refractivity contribution in [3.8, 4) is 5.69 Å². The molecule has 7 heteroatoms. The molecule has 0 atom stereocenters. The number of carbonyl (C=O) groups excluding carboxylic acids is 1. The monoisotopic (exact) mass is 389 g/mol. The Morgan fingerprint density at radius 3 is 2.67 bits per heavy atom. The molecule has 0 spiro atoms. The second kappa shape index (κ2) is 7.72. The summed E-state index contributed by atoms with van der Waals surface area (Å²) >= 11 is 6.44. The van der Waals surface area contributed by atoms with Crippen molar-refractivity contribution in [2.45, 2.75) is 33.1 Å². The lowest BCUT2D eigenvalue weighted by molar-refractivity contribution is 0.0600. The SMILES string of the molecule is COC(=O)c1ccccc1-n1ncc(N2CCCC(C)(C)CC2)c(Cl)c1=O. The zero-order valence-electron chi connectivity index (χ0n) is 15.9. The molecule has 1 aliphatic heterocycles. The highest BCUT2D eigenvalue weighted by Crippen LogP contribution is 2.33. The summed E-state index contributed by atoms with van der Waals surface area (Å²) in [6.45, 7) is 6.19. The molecule has 1 aromatic carbocycles. The van der Waals surface area contributed by atoms with E-state index >= 15 is 0 Å². The quantitative estimate of drug-likeness (QED) is 0.749. The standard InChI is InChI=1S/C20H24ClN3O3/c1-20(2)9-6-11-23(12-10-20)16-13-22-24(18(25)17(16)21)15-8-5-4-7-14(15)19(26)27-3/h4-5,7-8,13H,6,9-12H2,1-3H3. The van der Waals surface area contributed by atoms with Crippen LogP contribution in [0.25, 0.3) is 5.69 Å². The smallest absolute Gasteiger partial charge is 0.340 e. The third-order valence-electron chi connectivity index (χ3n) is 5.12. The van der Waals surface area contributed by atoms with Gasteiger partial charge in [0.2, 0.25) is 0 Å². The molecule has 0 bridgehead atoms. The molecule has 2 aromatic rings. The highest BCUT2D eigenvalue weighted by atomic mass is 35.5. The number of nitrogens with zero attached hydrogens (tertiary/aromatic N) is 3. The summed E-state index contributed by atoms with van der Waals surface area (Å²) in [5.41, 5.74) is 1.08. The highest BCUT2D eigenvalue weighted by Gasteiger charge is 2.25. The van der Waals surface area contributed by atoms with Gasteiger partial charge < -0.3 is 9.64 Å². The number of benzene rings is 1. The summed E-state index contributed by atoms with van der Waals surface area (Å²) in [6.07, 6.45) is 4.81. The number of aromatic nitrogens is 2. The summed E-state index contributed by atoms with van der Waals surface area (Å²) in [5, 5.41) is 4.41. The number of para-hydroxylation sites is 1. The normalized spacial score (nSPS) is 16.7. The Balaban J connectivity index is 2.00. The van der Waals surface area contributed by atoms with Crippen LogP contribution in [-0.4, -0.2) is 35.9 Å². The third-order valence-corrected chi connectivity index (χ3v) is 5.47. The summed E-state index contributed by atoms with van der Waals surface area (Å²) in [5.74, 6) is -0.533. The van der Waals surface area contributed by atoms with Gasteiger partial charge in [0, 0.05) is 13.1 Å². The number of methoxy groups -OCH3 is 1. The fourth-order valence-corrected chi connectivity index (χ4v) is 3.67. The molecule has 1 fully saturated rings. The molecule has 0 unspecified atom stereocenters. The van der Waals surface area contributed by atoms with Gasteiger partial charge in [-0.15, -0.1) is 0 Å². The Morgan fingerprint density at radius 1 is 1.19 bits per heavy atom. The van der Waals surface area contributed by atoms with E-state index in [1.54, 1.807) is 30.5 Å². The minimum atomic E-state index is -0.533. The molecule has 0 amide bonds. The first kappa shape index (κ1) is 19.4. The van der Waals surface area contributed by atoms with Crippen LogP contribution in [0.4, 0.5) is 5.69 Å². The van der Waals surface area contributed by atoms with E-state index in [0.717, 1.165) is 37.0 Å². The number of rotatable bonds is 3. The van der Waals surface area contributed by atoms with E-state index in [4.69, 9.17) is 16.3 Å².